The first-order chi connectivity index (χ1) is 8.54. The molecule has 1 aliphatic heterocycles. The van der Waals surface area contributed by atoms with Gasteiger partial charge in [-0.05, 0) is 45.6 Å². The van der Waals surface area contributed by atoms with E-state index in [0.717, 1.165) is 6.42 Å². The van der Waals surface area contributed by atoms with Crippen LogP contribution < -0.4 is 10.4 Å². The molecule has 0 aliphatic carbocycles. The Kier molecular flexibility index (Phi) is 2.76. The van der Waals surface area contributed by atoms with Crippen LogP contribution in [0.1, 0.15) is 12.5 Å². The van der Waals surface area contributed by atoms with Crippen molar-refractivity contribution in [3.8, 4) is 11.1 Å². The summed E-state index contributed by atoms with van der Waals surface area (Å²) in [6.07, 6.45) is 1.12. The smallest absolute Gasteiger partial charge is 0.0616 e. The second-order valence-electron chi connectivity index (χ2n) is 5.55. The van der Waals surface area contributed by atoms with Crippen molar-refractivity contribution in [1.29, 1.82) is 0 Å². The predicted octanol–water partition coefficient (Wildman–Crippen LogP) is 3.81. The Hall–Kier alpha value is -0.863. The van der Waals surface area contributed by atoms with E-state index in [-0.39, 0.29) is 0 Å². The largest absolute Gasteiger partial charge is 0.113 e. The lowest BCUT2D eigenvalue weighted by Crippen LogP contribution is -2.49. The molecule has 0 spiro atoms. The Labute approximate surface area is 118 Å². The summed E-state index contributed by atoms with van der Waals surface area (Å²) in [5.74, 6) is 0. The van der Waals surface area contributed by atoms with Crippen LogP contribution in [0, 0.1) is 0 Å². The molecule has 2 aromatic carbocycles. The van der Waals surface area contributed by atoms with E-state index in [1.54, 1.807) is 10.4 Å². The van der Waals surface area contributed by atoms with E-state index in [9.17, 15) is 0 Å². The van der Waals surface area contributed by atoms with Crippen LogP contribution in [0.25, 0.3) is 11.1 Å². The Morgan fingerprint density at radius 3 is 2.22 bits per heavy atom. The van der Waals surface area contributed by atoms with Crippen LogP contribution in [0.3, 0.4) is 0 Å². The molecule has 0 atom stereocenters. The molecule has 1 heterocycles. The molecule has 0 saturated carbocycles. The molecule has 0 amide bonds. The Bertz CT molecular complexity index is 629. The van der Waals surface area contributed by atoms with Crippen molar-refractivity contribution in [2.45, 2.75) is 26.4 Å². The van der Waals surface area contributed by atoms with Gasteiger partial charge >= 0.3 is 0 Å². The van der Waals surface area contributed by atoms with Crippen LogP contribution in [-0.4, -0.2) is 8.07 Å². The summed E-state index contributed by atoms with van der Waals surface area (Å²) in [4.78, 5) is 0. The molecule has 0 nitrogen and oxygen atoms in total. The minimum absolute atomic E-state index is 1.12. The highest BCUT2D eigenvalue weighted by molar-refractivity contribution is 9.10. The molecule has 3 rings (SSSR count). The van der Waals surface area contributed by atoms with E-state index < -0.39 is 8.07 Å². The number of fused-ring (bicyclic) bond motifs is 3. The fraction of sp³-hybridized carbons (Fsp3) is 0.250. The van der Waals surface area contributed by atoms with Gasteiger partial charge in [-0.15, -0.1) is 0 Å². The maximum absolute atomic E-state index is 3.61. The fourth-order valence-electron chi connectivity index (χ4n) is 2.98. The van der Waals surface area contributed by atoms with Crippen molar-refractivity contribution in [1.82, 2.24) is 0 Å². The van der Waals surface area contributed by atoms with Crippen LogP contribution in [0.5, 0.6) is 0 Å². The molecule has 0 bridgehead atoms. The highest BCUT2D eigenvalue weighted by atomic mass is 79.9. The lowest BCUT2D eigenvalue weighted by Gasteiger charge is -2.19. The van der Waals surface area contributed by atoms with Crippen molar-refractivity contribution in [3.63, 3.8) is 0 Å². The first-order valence-corrected chi connectivity index (χ1v) is 10.3. The molecule has 0 saturated heterocycles. The van der Waals surface area contributed by atoms with E-state index in [2.05, 4.69) is 72.3 Å². The monoisotopic (exact) mass is 316 g/mol. The second kappa shape index (κ2) is 4.07. The van der Waals surface area contributed by atoms with Gasteiger partial charge < -0.3 is 0 Å². The van der Waals surface area contributed by atoms with Crippen LogP contribution in [-0.2, 0) is 6.42 Å². The van der Waals surface area contributed by atoms with Crippen LogP contribution in [0.15, 0.2) is 40.9 Å². The maximum Gasteiger partial charge on any atom is 0.113 e. The molecule has 0 radical (unpaired) electrons. The van der Waals surface area contributed by atoms with E-state index >= 15 is 0 Å². The van der Waals surface area contributed by atoms with Crippen molar-refractivity contribution in [2.24, 2.45) is 0 Å². The molecule has 1 aliphatic rings. The Morgan fingerprint density at radius 2 is 1.56 bits per heavy atom. The van der Waals surface area contributed by atoms with Gasteiger partial charge in [0.05, 0.1) is 0 Å². The highest BCUT2D eigenvalue weighted by Gasteiger charge is 2.37. The van der Waals surface area contributed by atoms with Gasteiger partial charge in [-0.2, -0.15) is 0 Å². The van der Waals surface area contributed by atoms with Crippen molar-refractivity contribution in [3.05, 3.63) is 46.4 Å². The van der Waals surface area contributed by atoms with Crippen molar-refractivity contribution < 1.29 is 0 Å². The minimum atomic E-state index is -1.49. The summed E-state index contributed by atoms with van der Waals surface area (Å²) in [7, 11) is -1.49. The van der Waals surface area contributed by atoms with Crippen molar-refractivity contribution in [2.75, 3.05) is 0 Å². The molecule has 2 heteroatoms. The maximum atomic E-state index is 3.61. The number of hydrogen-bond acceptors (Lipinski definition) is 0. The highest BCUT2D eigenvalue weighted by Crippen LogP contribution is 2.30. The van der Waals surface area contributed by atoms with Gasteiger partial charge in [0.2, 0.25) is 0 Å². The number of benzene rings is 2. The normalized spacial score (nSPS) is 15.3. The third-order valence-corrected chi connectivity index (χ3v) is 8.12. The second-order valence-corrected chi connectivity index (χ2v) is 10.8. The van der Waals surface area contributed by atoms with Crippen LogP contribution >= 0.6 is 15.9 Å². The third-order valence-electron chi connectivity index (χ3n) is 4.11. The zero-order valence-electron chi connectivity index (χ0n) is 11.0. The zero-order valence-corrected chi connectivity index (χ0v) is 13.6. The molecule has 0 N–H and O–H groups in total. The molecule has 0 fully saturated rings. The number of rotatable bonds is 1. The van der Waals surface area contributed by atoms with Gasteiger partial charge in [0, 0.05) is 4.47 Å². The van der Waals surface area contributed by atoms with Gasteiger partial charge in [-0.3, -0.25) is 0 Å². The molecule has 2 aromatic rings. The van der Waals surface area contributed by atoms with Crippen LogP contribution in [0.2, 0.25) is 13.1 Å². The molecule has 0 aromatic heterocycles. The van der Waals surface area contributed by atoms with Gasteiger partial charge in [-0.1, -0.05) is 60.2 Å². The SMILES string of the molecule is CCc1ccc2c(c1)[Si](C)(C)c1cc(Br)ccc1-2. The quantitative estimate of drug-likeness (QED) is 0.702. The summed E-state index contributed by atoms with van der Waals surface area (Å²) < 4.78 is 1.20. The first kappa shape index (κ1) is 12.2. The van der Waals surface area contributed by atoms with Gasteiger partial charge in [0.1, 0.15) is 8.07 Å². The third kappa shape index (κ3) is 1.63. The van der Waals surface area contributed by atoms with Crippen LogP contribution in [0.4, 0.5) is 0 Å². The molecule has 18 heavy (non-hydrogen) atoms. The fourth-order valence-corrected chi connectivity index (χ4v) is 6.68. The standard InChI is InChI=1S/C16H17BrSi/c1-4-11-5-7-13-14-8-6-12(17)10-16(14)18(2,3)15(13)9-11/h5-10H,4H2,1-3H3. The average molecular weight is 317 g/mol. The Balaban J connectivity index is 2.31. The lowest BCUT2D eigenvalue weighted by molar-refractivity contribution is 1.14. The first-order valence-electron chi connectivity index (χ1n) is 6.48. The van der Waals surface area contributed by atoms with E-state index in [4.69, 9.17) is 0 Å². The lowest BCUT2D eigenvalue weighted by atomic mass is 10.0. The molecule has 92 valence electrons. The summed E-state index contributed by atoms with van der Waals surface area (Å²) in [6.45, 7) is 7.15. The van der Waals surface area contributed by atoms with E-state index in [1.165, 1.54) is 21.2 Å². The average Bonchev–Trinajstić information content (AvgIpc) is 2.58. The van der Waals surface area contributed by atoms with Gasteiger partial charge in [0.25, 0.3) is 0 Å². The topological polar surface area (TPSA) is 0 Å². The minimum Gasteiger partial charge on any atom is -0.0616 e. The molecule has 0 unspecified atom stereocenters. The summed E-state index contributed by atoms with van der Waals surface area (Å²) in [6, 6.07) is 13.8. The van der Waals surface area contributed by atoms with Gasteiger partial charge in [0.15, 0.2) is 0 Å². The molecular formula is C16H17BrSi. The number of halogens is 1. The van der Waals surface area contributed by atoms with E-state index in [0.29, 0.717) is 0 Å². The number of hydrogen-bond donors (Lipinski definition) is 0. The zero-order chi connectivity index (χ0) is 12.9. The summed E-state index contributed by atoms with van der Waals surface area (Å²) in [5, 5.41) is 3.18. The summed E-state index contributed by atoms with van der Waals surface area (Å²) in [5.41, 5.74) is 4.38. The summed E-state index contributed by atoms with van der Waals surface area (Å²) >= 11 is 3.61. The van der Waals surface area contributed by atoms with E-state index in [1.807, 2.05) is 0 Å². The Morgan fingerprint density at radius 1 is 0.944 bits per heavy atom. The number of aryl methyl sites for hydroxylation is 1. The molecular weight excluding hydrogens is 300 g/mol. The predicted molar refractivity (Wildman–Crippen MR) is 85.7 cm³/mol. The van der Waals surface area contributed by atoms with Gasteiger partial charge in [-0.25, -0.2) is 0 Å². The van der Waals surface area contributed by atoms with Crippen molar-refractivity contribution >= 4 is 34.4 Å².